The molecule has 1 unspecified atom stereocenters. The van der Waals surface area contributed by atoms with Crippen LogP contribution in [0.5, 0.6) is 0 Å². The van der Waals surface area contributed by atoms with E-state index in [1.807, 2.05) is 0 Å². The van der Waals surface area contributed by atoms with Crippen molar-refractivity contribution >= 4 is 11.6 Å². The number of hydrogen-bond donors (Lipinski definition) is 2. The van der Waals surface area contributed by atoms with E-state index >= 15 is 0 Å². The summed E-state index contributed by atoms with van der Waals surface area (Å²) in [6, 6.07) is 12.7. The Morgan fingerprint density at radius 2 is 1.72 bits per heavy atom. The second kappa shape index (κ2) is 10.7. The first-order valence-corrected chi connectivity index (χ1v) is 11.2. The summed E-state index contributed by atoms with van der Waals surface area (Å²) < 4.78 is 33.6. The van der Waals surface area contributed by atoms with Gasteiger partial charge in [0.05, 0.1) is 13.2 Å². The lowest BCUT2D eigenvalue weighted by Crippen LogP contribution is -2.44. The highest BCUT2D eigenvalue weighted by Crippen LogP contribution is 2.26. The summed E-state index contributed by atoms with van der Waals surface area (Å²) in [6.07, 6.45) is 0.782. The van der Waals surface area contributed by atoms with Crippen LogP contribution in [-0.2, 0) is 17.8 Å². The Morgan fingerprint density at radius 1 is 1.03 bits per heavy atom. The van der Waals surface area contributed by atoms with Gasteiger partial charge in [-0.05, 0) is 29.7 Å². The van der Waals surface area contributed by atoms with Gasteiger partial charge in [-0.3, -0.25) is 9.89 Å². The first-order valence-electron chi connectivity index (χ1n) is 11.2. The molecule has 6 nitrogen and oxygen atoms in total. The van der Waals surface area contributed by atoms with Crippen LogP contribution < -0.4 is 15.5 Å². The number of aliphatic imine (C=N–C) groups is 1. The van der Waals surface area contributed by atoms with Crippen LogP contribution in [-0.4, -0.2) is 63.3 Å². The van der Waals surface area contributed by atoms with Gasteiger partial charge >= 0.3 is 0 Å². The van der Waals surface area contributed by atoms with E-state index in [0.717, 1.165) is 39.3 Å². The van der Waals surface area contributed by atoms with E-state index in [0.29, 0.717) is 25.6 Å². The molecule has 2 aromatic rings. The van der Waals surface area contributed by atoms with Crippen molar-refractivity contribution in [1.29, 1.82) is 0 Å². The number of nitrogens with one attached hydrogen (secondary N) is 2. The Morgan fingerprint density at radius 3 is 2.41 bits per heavy atom. The van der Waals surface area contributed by atoms with E-state index in [9.17, 15) is 8.78 Å². The molecule has 2 saturated heterocycles. The van der Waals surface area contributed by atoms with Crippen LogP contribution in [0.1, 0.15) is 17.5 Å². The molecule has 0 aliphatic carbocycles. The van der Waals surface area contributed by atoms with Gasteiger partial charge in [-0.2, -0.15) is 0 Å². The fraction of sp³-hybridized carbons (Fsp3) is 0.458. The number of para-hydroxylation sites is 1. The molecule has 2 fully saturated rings. The van der Waals surface area contributed by atoms with Crippen molar-refractivity contribution in [2.24, 2.45) is 4.99 Å². The predicted molar refractivity (Wildman–Crippen MR) is 123 cm³/mol. The number of rotatable bonds is 6. The molecule has 4 rings (SSSR count). The van der Waals surface area contributed by atoms with Crippen LogP contribution in [0.4, 0.5) is 14.5 Å². The van der Waals surface area contributed by atoms with E-state index < -0.39 is 11.6 Å². The minimum Gasteiger partial charge on any atom is -0.379 e. The molecular weight excluding hydrogens is 412 g/mol. The second-order valence-corrected chi connectivity index (χ2v) is 8.28. The smallest absolute Gasteiger partial charge is 0.191 e. The molecule has 0 spiro atoms. The van der Waals surface area contributed by atoms with Crippen LogP contribution in [0.3, 0.4) is 0 Å². The van der Waals surface area contributed by atoms with Gasteiger partial charge in [0, 0.05) is 52.4 Å². The average Bonchev–Trinajstić information content (AvgIpc) is 3.26. The third-order valence-corrected chi connectivity index (χ3v) is 6.00. The molecule has 2 aliphatic rings. The first-order chi connectivity index (χ1) is 15.6. The third-order valence-electron chi connectivity index (χ3n) is 6.00. The van der Waals surface area contributed by atoms with Crippen LogP contribution in [0.25, 0.3) is 0 Å². The number of benzene rings is 2. The minimum atomic E-state index is -0.523. The van der Waals surface area contributed by atoms with Crippen molar-refractivity contribution in [3.8, 4) is 0 Å². The summed E-state index contributed by atoms with van der Waals surface area (Å²) in [4.78, 5) is 8.46. The first kappa shape index (κ1) is 22.5. The molecule has 8 heteroatoms. The molecule has 2 aromatic carbocycles. The number of guanidine groups is 1. The third kappa shape index (κ3) is 5.75. The number of ether oxygens (including phenoxy) is 1. The van der Waals surface area contributed by atoms with Gasteiger partial charge in [0.15, 0.2) is 5.96 Å². The Labute approximate surface area is 188 Å². The molecular formula is C24H31F2N5O. The normalized spacial score (nSPS) is 19.9. The highest BCUT2D eigenvalue weighted by molar-refractivity contribution is 5.80. The fourth-order valence-electron chi connectivity index (χ4n) is 4.23. The molecule has 0 saturated carbocycles. The van der Waals surface area contributed by atoms with Crippen molar-refractivity contribution in [1.82, 2.24) is 15.5 Å². The summed E-state index contributed by atoms with van der Waals surface area (Å²) in [6.45, 7) is 6.29. The molecule has 1 atom stereocenters. The monoisotopic (exact) mass is 443 g/mol. The topological polar surface area (TPSA) is 52.1 Å². The maximum atomic E-state index is 14.1. The lowest BCUT2D eigenvalue weighted by Gasteiger charge is -2.26. The summed E-state index contributed by atoms with van der Waals surface area (Å²) in [5, 5.41) is 6.71. The highest BCUT2D eigenvalue weighted by Gasteiger charge is 2.27. The number of anilines is 1. The predicted octanol–water partition coefficient (Wildman–Crippen LogP) is 2.74. The molecule has 32 heavy (non-hydrogen) atoms. The van der Waals surface area contributed by atoms with Gasteiger partial charge in [0.2, 0.25) is 0 Å². The number of hydrogen-bond acceptors (Lipinski definition) is 4. The lowest BCUT2D eigenvalue weighted by atomic mass is 10.1. The molecule has 0 radical (unpaired) electrons. The molecule has 172 valence electrons. The Bertz CT molecular complexity index is 895. The van der Waals surface area contributed by atoms with E-state index in [1.54, 1.807) is 11.9 Å². The molecule has 2 aliphatic heterocycles. The van der Waals surface area contributed by atoms with Crippen LogP contribution >= 0.6 is 0 Å². The van der Waals surface area contributed by atoms with E-state index in [-0.39, 0.29) is 11.7 Å². The van der Waals surface area contributed by atoms with Crippen molar-refractivity contribution in [2.45, 2.75) is 25.6 Å². The van der Waals surface area contributed by atoms with Gasteiger partial charge in [0.25, 0.3) is 0 Å². The van der Waals surface area contributed by atoms with Gasteiger partial charge in [0.1, 0.15) is 17.3 Å². The van der Waals surface area contributed by atoms with Crippen LogP contribution in [0, 0.1) is 11.6 Å². The second-order valence-electron chi connectivity index (χ2n) is 8.28. The van der Waals surface area contributed by atoms with Gasteiger partial charge < -0.3 is 20.3 Å². The van der Waals surface area contributed by atoms with E-state index in [4.69, 9.17) is 4.74 Å². The molecule has 0 bridgehead atoms. The van der Waals surface area contributed by atoms with Crippen LogP contribution in [0.2, 0.25) is 0 Å². The summed E-state index contributed by atoms with van der Waals surface area (Å²) in [5.41, 5.74) is 2.52. The number of halogens is 2. The lowest BCUT2D eigenvalue weighted by molar-refractivity contribution is 0.0342. The maximum absolute atomic E-state index is 14.1. The maximum Gasteiger partial charge on any atom is 0.191 e. The Balaban J connectivity index is 1.25. The quantitative estimate of drug-likeness (QED) is 0.531. The SMILES string of the molecule is CN=C(NCc1ccc(CN2CCOCC2)cc1)NC1CCN(c2c(F)cccc2F)C1. The fourth-order valence-corrected chi connectivity index (χ4v) is 4.23. The summed E-state index contributed by atoms with van der Waals surface area (Å²) in [5.74, 6) is -0.362. The van der Waals surface area contributed by atoms with Gasteiger partial charge in [-0.15, -0.1) is 0 Å². The van der Waals surface area contributed by atoms with Crippen molar-refractivity contribution in [3.63, 3.8) is 0 Å². The zero-order valence-corrected chi connectivity index (χ0v) is 18.5. The number of morpholine rings is 1. The van der Waals surface area contributed by atoms with Crippen molar-refractivity contribution in [3.05, 3.63) is 65.2 Å². The molecule has 2 heterocycles. The average molecular weight is 444 g/mol. The molecule has 0 aromatic heterocycles. The summed E-state index contributed by atoms with van der Waals surface area (Å²) >= 11 is 0. The van der Waals surface area contributed by atoms with E-state index in [2.05, 4.69) is 44.8 Å². The summed E-state index contributed by atoms with van der Waals surface area (Å²) in [7, 11) is 1.73. The Hall–Kier alpha value is -2.71. The molecule has 2 N–H and O–H groups in total. The van der Waals surface area contributed by atoms with Gasteiger partial charge in [-0.1, -0.05) is 30.3 Å². The zero-order valence-electron chi connectivity index (χ0n) is 18.5. The number of nitrogens with zero attached hydrogens (tertiary/aromatic N) is 3. The van der Waals surface area contributed by atoms with Gasteiger partial charge in [-0.25, -0.2) is 8.78 Å². The largest absolute Gasteiger partial charge is 0.379 e. The zero-order chi connectivity index (χ0) is 22.3. The van der Waals surface area contributed by atoms with E-state index in [1.165, 1.54) is 29.3 Å². The van der Waals surface area contributed by atoms with Crippen molar-refractivity contribution < 1.29 is 13.5 Å². The van der Waals surface area contributed by atoms with Crippen molar-refractivity contribution in [2.75, 3.05) is 51.3 Å². The minimum absolute atomic E-state index is 0.0527. The highest BCUT2D eigenvalue weighted by atomic mass is 19.1. The standard InChI is InChI=1S/C24H31F2N5O/c1-27-24(29-20-9-10-31(17-20)23-21(25)3-2-4-22(23)26)28-15-18-5-7-19(8-6-18)16-30-11-13-32-14-12-30/h2-8,20H,9-17H2,1H3,(H2,27,28,29). The molecule has 0 amide bonds. The van der Waals surface area contributed by atoms with Crippen LogP contribution in [0.15, 0.2) is 47.5 Å². The Kier molecular flexibility index (Phi) is 7.55.